The normalized spacial score (nSPS) is 18.8. The van der Waals surface area contributed by atoms with Gasteiger partial charge in [0.2, 0.25) is 17.7 Å². The minimum absolute atomic E-state index is 0.0762. The van der Waals surface area contributed by atoms with Crippen molar-refractivity contribution < 1.29 is 14.4 Å². The maximum Gasteiger partial charge on any atom is 0.225 e. The van der Waals surface area contributed by atoms with Crippen molar-refractivity contribution in [1.82, 2.24) is 20.4 Å². The maximum absolute atomic E-state index is 12.5. The van der Waals surface area contributed by atoms with Crippen LogP contribution in [-0.2, 0) is 14.4 Å². The molecule has 0 spiro atoms. The Balaban J connectivity index is 1.37. The molecule has 0 bridgehead atoms. The molecule has 3 amide bonds. The summed E-state index contributed by atoms with van der Waals surface area (Å²) in [5.74, 6) is 0.358. The van der Waals surface area contributed by atoms with E-state index in [0.29, 0.717) is 12.5 Å². The summed E-state index contributed by atoms with van der Waals surface area (Å²) in [6.07, 6.45) is 4.68. The first-order chi connectivity index (χ1) is 14.5. The summed E-state index contributed by atoms with van der Waals surface area (Å²) in [5.41, 5.74) is 0.922. The second-order valence-electron chi connectivity index (χ2n) is 8.37. The molecule has 1 aliphatic heterocycles. The van der Waals surface area contributed by atoms with Gasteiger partial charge >= 0.3 is 0 Å². The van der Waals surface area contributed by atoms with Gasteiger partial charge in [0.25, 0.3) is 0 Å². The van der Waals surface area contributed by atoms with Crippen LogP contribution in [0.2, 0.25) is 0 Å². The van der Waals surface area contributed by atoms with Crippen LogP contribution in [0, 0.1) is 5.92 Å². The molecule has 1 aromatic rings. The van der Waals surface area contributed by atoms with Gasteiger partial charge in [0.15, 0.2) is 0 Å². The predicted octanol–water partition coefficient (Wildman–Crippen LogP) is 1.70. The summed E-state index contributed by atoms with van der Waals surface area (Å²) >= 11 is 0. The molecule has 1 aromatic carbocycles. The molecule has 1 unspecified atom stereocenters. The SMILES string of the molecule is CC(=O)NC(CC(=O)NCCN1CCN(C(=O)C2CCCC2)CC1)c1ccccc1. The summed E-state index contributed by atoms with van der Waals surface area (Å²) in [5, 5.41) is 5.83. The topological polar surface area (TPSA) is 81.8 Å². The lowest BCUT2D eigenvalue weighted by atomic mass is 10.0. The van der Waals surface area contributed by atoms with Crippen LogP contribution in [0.25, 0.3) is 0 Å². The van der Waals surface area contributed by atoms with Gasteiger partial charge in [0, 0.05) is 52.1 Å². The maximum atomic E-state index is 12.5. The fourth-order valence-electron chi connectivity index (χ4n) is 4.42. The van der Waals surface area contributed by atoms with Crippen LogP contribution in [0.4, 0.5) is 0 Å². The van der Waals surface area contributed by atoms with E-state index in [1.54, 1.807) is 0 Å². The molecule has 1 atom stereocenters. The van der Waals surface area contributed by atoms with Gasteiger partial charge in [-0.2, -0.15) is 0 Å². The molecule has 2 aliphatic rings. The molecule has 7 nitrogen and oxygen atoms in total. The summed E-state index contributed by atoms with van der Waals surface area (Å²) < 4.78 is 0. The highest BCUT2D eigenvalue weighted by Crippen LogP contribution is 2.26. The zero-order valence-corrected chi connectivity index (χ0v) is 17.9. The van der Waals surface area contributed by atoms with Crippen molar-refractivity contribution in [1.29, 1.82) is 0 Å². The molecular formula is C23H34N4O3. The second-order valence-corrected chi connectivity index (χ2v) is 8.37. The third kappa shape index (κ3) is 6.55. The highest BCUT2D eigenvalue weighted by Gasteiger charge is 2.29. The molecule has 1 saturated heterocycles. The van der Waals surface area contributed by atoms with Crippen molar-refractivity contribution in [2.24, 2.45) is 5.92 Å². The number of carbonyl (C=O) groups excluding carboxylic acids is 3. The lowest BCUT2D eigenvalue weighted by Crippen LogP contribution is -2.51. The van der Waals surface area contributed by atoms with Crippen LogP contribution >= 0.6 is 0 Å². The number of hydrogen-bond acceptors (Lipinski definition) is 4. The number of rotatable bonds is 8. The molecule has 2 fully saturated rings. The molecule has 0 radical (unpaired) electrons. The lowest BCUT2D eigenvalue weighted by Gasteiger charge is -2.36. The number of carbonyl (C=O) groups is 3. The fraction of sp³-hybridized carbons (Fsp3) is 0.609. The third-order valence-corrected chi connectivity index (χ3v) is 6.11. The number of nitrogens with one attached hydrogen (secondary N) is 2. The Morgan fingerprint density at radius 2 is 1.70 bits per heavy atom. The van der Waals surface area contributed by atoms with E-state index in [1.165, 1.54) is 19.8 Å². The van der Waals surface area contributed by atoms with Crippen molar-refractivity contribution in [2.75, 3.05) is 39.3 Å². The quantitative estimate of drug-likeness (QED) is 0.679. The fourth-order valence-corrected chi connectivity index (χ4v) is 4.42. The van der Waals surface area contributed by atoms with Crippen molar-refractivity contribution in [3.05, 3.63) is 35.9 Å². The summed E-state index contributed by atoms with van der Waals surface area (Å²) in [7, 11) is 0. The Morgan fingerprint density at radius 3 is 2.33 bits per heavy atom. The van der Waals surface area contributed by atoms with Crippen molar-refractivity contribution in [3.63, 3.8) is 0 Å². The van der Waals surface area contributed by atoms with E-state index in [2.05, 4.69) is 15.5 Å². The minimum atomic E-state index is -0.325. The molecule has 164 valence electrons. The van der Waals surface area contributed by atoms with Crippen molar-refractivity contribution >= 4 is 17.7 Å². The van der Waals surface area contributed by atoms with E-state index < -0.39 is 0 Å². The largest absolute Gasteiger partial charge is 0.355 e. The molecule has 3 rings (SSSR count). The summed E-state index contributed by atoms with van der Waals surface area (Å²) in [6, 6.07) is 9.22. The number of amides is 3. The van der Waals surface area contributed by atoms with Gasteiger partial charge < -0.3 is 15.5 Å². The number of piperazine rings is 1. The minimum Gasteiger partial charge on any atom is -0.355 e. The average molecular weight is 415 g/mol. The number of benzene rings is 1. The molecule has 0 aromatic heterocycles. The second kappa shape index (κ2) is 11.1. The Labute approximate surface area is 179 Å². The first-order valence-corrected chi connectivity index (χ1v) is 11.1. The summed E-state index contributed by atoms with van der Waals surface area (Å²) in [4.78, 5) is 40.8. The van der Waals surface area contributed by atoms with Crippen LogP contribution in [0.1, 0.15) is 50.6 Å². The monoisotopic (exact) mass is 414 g/mol. The highest BCUT2D eigenvalue weighted by molar-refractivity contribution is 5.79. The van der Waals surface area contributed by atoms with E-state index in [4.69, 9.17) is 0 Å². The van der Waals surface area contributed by atoms with Crippen LogP contribution < -0.4 is 10.6 Å². The zero-order chi connectivity index (χ0) is 21.3. The molecule has 30 heavy (non-hydrogen) atoms. The lowest BCUT2D eigenvalue weighted by molar-refractivity contribution is -0.137. The van der Waals surface area contributed by atoms with Gasteiger partial charge in [-0.25, -0.2) is 0 Å². The Bertz CT molecular complexity index is 710. The highest BCUT2D eigenvalue weighted by atomic mass is 16.2. The number of nitrogens with zero attached hydrogens (tertiary/aromatic N) is 2. The van der Waals surface area contributed by atoms with E-state index in [1.807, 2.05) is 35.2 Å². The first-order valence-electron chi connectivity index (χ1n) is 11.1. The molecule has 1 heterocycles. The van der Waals surface area contributed by atoms with E-state index in [-0.39, 0.29) is 30.2 Å². The van der Waals surface area contributed by atoms with Gasteiger partial charge in [-0.1, -0.05) is 43.2 Å². The third-order valence-electron chi connectivity index (χ3n) is 6.11. The van der Waals surface area contributed by atoms with Gasteiger partial charge in [-0.05, 0) is 18.4 Å². The van der Waals surface area contributed by atoms with Crippen LogP contribution in [-0.4, -0.2) is 66.8 Å². The van der Waals surface area contributed by atoms with Crippen LogP contribution in [0.15, 0.2) is 30.3 Å². The zero-order valence-electron chi connectivity index (χ0n) is 17.9. The Morgan fingerprint density at radius 1 is 1.03 bits per heavy atom. The van der Waals surface area contributed by atoms with Gasteiger partial charge in [-0.15, -0.1) is 0 Å². The van der Waals surface area contributed by atoms with Crippen LogP contribution in [0.5, 0.6) is 0 Å². The molecule has 1 aliphatic carbocycles. The van der Waals surface area contributed by atoms with Crippen LogP contribution in [0.3, 0.4) is 0 Å². The smallest absolute Gasteiger partial charge is 0.225 e. The summed E-state index contributed by atoms with van der Waals surface area (Å²) in [6.45, 7) is 6.07. The first kappa shape index (κ1) is 22.3. The van der Waals surface area contributed by atoms with E-state index in [9.17, 15) is 14.4 Å². The molecule has 1 saturated carbocycles. The van der Waals surface area contributed by atoms with Crippen molar-refractivity contribution in [2.45, 2.75) is 45.1 Å². The van der Waals surface area contributed by atoms with Gasteiger partial charge in [0.05, 0.1) is 12.5 Å². The number of hydrogen-bond donors (Lipinski definition) is 2. The predicted molar refractivity (Wildman–Crippen MR) is 116 cm³/mol. The average Bonchev–Trinajstić information content (AvgIpc) is 3.28. The molecule has 2 N–H and O–H groups in total. The Kier molecular flexibility index (Phi) is 8.25. The van der Waals surface area contributed by atoms with E-state index >= 15 is 0 Å². The van der Waals surface area contributed by atoms with Gasteiger partial charge in [0.1, 0.15) is 0 Å². The standard InChI is InChI=1S/C23H34N4O3/c1-18(28)25-21(19-7-3-2-4-8-19)17-22(29)24-11-12-26-13-15-27(16-14-26)23(30)20-9-5-6-10-20/h2-4,7-8,20-21H,5-6,9-17H2,1H3,(H,24,29)(H,25,28). The van der Waals surface area contributed by atoms with E-state index in [0.717, 1.165) is 51.1 Å². The Hall–Kier alpha value is -2.41. The van der Waals surface area contributed by atoms with Gasteiger partial charge in [-0.3, -0.25) is 19.3 Å². The molecular weight excluding hydrogens is 380 g/mol. The van der Waals surface area contributed by atoms with Crippen molar-refractivity contribution in [3.8, 4) is 0 Å². The molecule has 7 heteroatoms.